The summed E-state index contributed by atoms with van der Waals surface area (Å²) in [6, 6.07) is 0. The number of methoxy groups -OCH3 is 1. The highest BCUT2D eigenvalue weighted by Crippen LogP contribution is 2.22. The largest absolute Gasteiger partial charge is 0.481 e. The number of esters is 1. The third-order valence-corrected chi connectivity index (χ3v) is 4.90. The van der Waals surface area contributed by atoms with Crippen LogP contribution < -0.4 is 0 Å². The summed E-state index contributed by atoms with van der Waals surface area (Å²) in [5, 5.41) is 9.05. The van der Waals surface area contributed by atoms with Crippen molar-refractivity contribution in [2.24, 2.45) is 5.92 Å². The van der Waals surface area contributed by atoms with E-state index in [1.807, 2.05) is 0 Å². The first-order valence-corrected chi connectivity index (χ1v) is 10.4. The van der Waals surface area contributed by atoms with E-state index in [0.717, 1.165) is 32.1 Å². The quantitative estimate of drug-likeness (QED) is 0.237. The van der Waals surface area contributed by atoms with E-state index >= 15 is 0 Å². The zero-order chi connectivity index (χ0) is 18.8. The Balaban J connectivity index is 3.53. The predicted molar refractivity (Wildman–Crippen MR) is 103 cm³/mol. The molecular formula is C21H40O4. The Morgan fingerprint density at radius 3 is 1.76 bits per heavy atom. The molecule has 0 amide bonds. The van der Waals surface area contributed by atoms with E-state index < -0.39 is 5.97 Å². The molecule has 0 aromatic carbocycles. The lowest BCUT2D eigenvalue weighted by atomic mass is 9.91. The van der Waals surface area contributed by atoms with Gasteiger partial charge in [-0.2, -0.15) is 0 Å². The molecule has 4 heteroatoms. The number of carboxylic acid groups (broad SMARTS) is 1. The van der Waals surface area contributed by atoms with Gasteiger partial charge in [-0.15, -0.1) is 0 Å². The number of ether oxygens (including phenoxy) is 1. The van der Waals surface area contributed by atoms with Crippen LogP contribution in [0.1, 0.15) is 110 Å². The van der Waals surface area contributed by atoms with Crippen molar-refractivity contribution in [3.05, 3.63) is 0 Å². The molecule has 4 nitrogen and oxygen atoms in total. The van der Waals surface area contributed by atoms with Crippen LogP contribution in [0, 0.1) is 5.92 Å². The fourth-order valence-corrected chi connectivity index (χ4v) is 3.32. The minimum absolute atomic E-state index is 0.106. The van der Waals surface area contributed by atoms with Gasteiger partial charge in [-0.3, -0.25) is 9.59 Å². The smallest absolute Gasteiger partial charge is 0.305 e. The molecule has 0 fully saturated rings. The molecule has 148 valence electrons. The van der Waals surface area contributed by atoms with Crippen molar-refractivity contribution in [3.8, 4) is 0 Å². The maximum absolute atomic E-state index is 11.0. The Hall–Kier alpha value is -1.06. The Bertz CT molecular complexity index is 328. The average molecular weight is 357 g/mol. The predicted octanol–water partition coefficient (Wildman–Crippen LogP) is 6.12. The van der Waals surface area contributed by atoms with Crippen molar-refractivity contribution in [1.82, 2.24) is 0 Å². The standard InChI is InChI=1S/C21H40O4/c1-3-4-5-12-15-19(18-20(22)23)16-13-10-8-6-7-9-11-14-17-21(24)25-2/h19H,3-18H2,1-2H3,(H,22,23). The van der Waals surface area contributed by atoms with Gasteiger partial charge in [0.25, 0.3) is 0 Å². The van der Waals surface area contributed by atoms with Gasteiger partial charge in [0.15, 0.2) is 0 Å². The summed E-state index contributed by atoms with van der Waals surface area (Å²) in [6.07, 6.45) is 17.3. The van der Waals surface area contributed by atoms with Crippen LogP contribution in [-0.2, 0) is 14.3 Å². The van der Waals surface area contributed by atoms with Crippen LogP contribution in [0.2, 0.25) is 0 Å². The Morgan fingerprint density at radius 1 is 0.800 bits per heavy atom. The highest BCUT2D eigenvalue weighted by Gasteiger charge is 2.12. The third-order valence-electron chi connectivity index (χ3n) is 4.90. The molecule has 0 aliphatic rings. The first-order valence-electron chi connectivity index (χ1n) is 10.4. The third kappa shape index (κ3) is 17.6. The number of carbonyl (C=O) groups is 2. The van der Waals surface area contributed by atoms with Gasteiger partial charge in [-0.1, -0.05) is 77.6 Å². The summed E-state index contributed by atoms with van der Waals surface area (Å²) < 4.78 is 4.63. The van der Waals surface area contributed by atoms with Crippen molar-refractivity contribution in [3.63, 3.8) is 0 Å². The molecule has 0 aliphatic carbocycles. The van der Waals surface area contributed by atoms with Crippen LogP contribution in [0.25, 0.3) is 0 Å². The molecule has 1 unspecified atom stereocenters. The van der Waals surface area contributed by atoms with Crippen LogP contribution in [0.3, 0.4) is 0 Å². The first kappa shape index (κ1) is 23.9. The van der Waals surface area contributed by atoms with E-state index in [-0.39, 0.29) is 5.97 Å². The molecule has 0 spiro atoms. The zero-order valence-electron chi connectivity index (χ0n) is 16.6. The number of hydrogen-bond donors (Lipinski definition) is 1. The Morgan fingerprint density at radius 2 is 1.28 bits per heavy atom. The van der Waals surface area contributed by atoms with Gasteiger partial charge in [0.05, 0.1) is 7.11 Å². The summed E-state index contributed by atoms with van der Waals surface area (Å²) in [6.45, 7) is 2.20. The zero-order valence-corrected chi connectivity index (χ0v) is 16.6. The van der Waals surface area contributed by atoms with Crippen molar-refractivity contribution in [2.75, 3.05) is 7.11 Å². The number of rotatable bonds is 18. The second-order valence-corrected chi connectivity index (χ2v) is 7.26. The molecule has 0 aromatic heterocycles. The van der Waals surface area contributed by atoms with Gasteiger partial charge >= 0.3 is 11.9 Å². The van der Waals surface area contributed by atoms with Crippen molar-refractivity contribution in [2.45, 2.75) is 110 Å². The normalized spacial score (nSPS) is 12.1. The summed E-state index contributed by atoms with van der Waals surface area (Å²) in [5.74, 6) is -0.384. The maximum Gasteiger partial charge on any atom is 0.305 e. The minimum Gasteiger partial charge on any atom is -0.481 e. The second-order valence-electron chi connectivity index (χ2n) is 7.26. The fourth-order valence-electron chi connectivity index (χ4n) is 3.32. The van der Waals surface area contributed by atoms with E-state index in [1.165, 1.54) is 64.9 Å². The molecule has 0 rings (SSSR count). The van der Waals surface area contributed by atoms with Crippen LogP contribution >= 0.6 is 0 Å². The summed E-state index contributed by atoms with van der Waals surface area (Å²) in [4.78, 5) is 22.0. The van der Waals surface area contributed by atoms with E-state index in [2.05, 4.69) is 11.7 Å². The van der Waals surface area contributed by atoms with E-state index in [1.54, 1.807) is 0 Å². The molecule has 1 N–H and O–H groups in total. The Labute approximate surface area is 154 Å². The molecule has 0 aliphatic heterocycles. The lowest BCUT2D eigenvalue weighted by Crippen LogP contribution is -2.08. The number of hydrogen-bond acceptors (Lipinski definition) is 3. The Kier molecular flexibility index (Phi) is 17.0. The molecule has 0 saturated heterocycles. The van der Waals surface area contributed by atoms with Gasteiger partial charge in [0, 0.05) is 12.8 Å². The molecule has 0 radical (unpaired) electrons. The van der Waals surface area contributed by atoms with Gasteiger partial charge in [0.1, 0.15) is 0 Å². The van der Waals surface area contributed by atoms with E-state index in [4.69, 9.17) is 5.11 Å². The molecular weight excluding hydrogens is 316 g/mol. The maximum atomic E-state index is 11.0. The molecule has 0 aromatic rings. The summed E-state index contributed by atoms with van der Waals surface area (Å²) in [7, 11) is 1.44. The SMILES string of the molecule is CCCCCCC(CCCCCCCCCCC(=O)OC)CC(=O)O. The van der Waals surface area contributed by atoms with Crippen LogP contribution in [0.4, 0.5) is 0 Å². The lowest BCUT2D eigenvalue weighted by molar-refractivity contribution is -0.141. The first-order chi connectivity index (χ1) is 12.1. The molecule has 0 saturated carbocycles. The topological polar surface area (TPSA) is 63.6 Å². The van der Waals surface area contributed by atoms with Crippen molar-refractivity contribution in [1.29, 1.82) is 0 Å². The minimum atomic E-state index is -0.646. The highest BCUT2D eigenvalue weighted by atomic mass is 16.5. The highest BCUT2D eigenvalue weighted by molar-refractivity contribution is 5.69. The molecule has 0 heterocycles. The monoisotopic (exact) mass is 356 g/mol. The molecule has 1 atom stereocenters. The van der Waals surface area contributed by atoms with Crippen molar-refractivity contribution >= 4 is 11.9 Å². The van der Waals surface area contributed by atoms with Crippen molar-refractivity contribution < 1.29 is 19.4 Å². The van der Waals surface area contributed by atoms with E-state index in [0.29, 0.717) is 18.8 Å². The summed E-state index contributed by atoms with van der Waals surface area (Å²) >= 11 is 0. The molecule has 0 bridgehead atoms. The second kappa shape index (κ2) is 17.8. The average Bonchev–Trinajstić information content (AvgIpc) is 2.59. The molecule has 25 heavy (non-hydrogen) atoms. The van der Waals surface area contributed by atoms with Gasteiger partial charge in [-0.05, 0) is 25.2 Å². The van der Waals surface area contributed by atoms with E-state index in [9.17, 15) is 9.59 Å². The number of aliphatic carboxylic acids is 1. The van der Waals surface area contributed by atoms with Gasteiger partial charge in [-0.25, -0.2) is 0 Å². The van der Waals surface area contributed by atoms with Crippen LogP contribution in [-0.4, -0.2) is 24.2 Å². The van der Waals surface area contributed by atoms with Crippen LogP contribution in [0.15, 0.2) is 0 Å². The van der Waals surface area contributed by atoms with Gasteiger partial charge in [0.2, 0.25) is 0 Å². The fraction of sp³-hybridized carbons (Fsp3) is 0.905. The number of carboxylic acids is 1. The van der Waals surface area contributed by atoms with Crippen LogP contribution in [0.5, 0.6) is 0 Å². The summed E-state index contributed by atoms with van der Waals surface area (Å²) in [5.41, 5.74) is 0. The van der Waals surface area contributed by atoms with Gasteiger partial charge < -0.3 is 9.84 Å². The number of carbonyl (C=O) groups excluding carboxylic acids is 1. The lowest BCUT2D eigenvalue weighted by Gasteiger charge is -2.14. The number of unbranched alkanes of at least 4 members (excludes halogenated alkanes) is 10.